The van der Waals surface area contributed by atoms with Crippen LogP contribution in [0.3, 0.4) is 0 Å². The van der Waals surface area contributed by atoms with E-state index in [4.69, 9.17) is 34.2 Å². The molecule has 0 aromatic heterocycles. The number of hydrogen-bond donors (Lipinski definition) is 1. The van der Waals surface area contributed by atoms with Gasteiger partial charge in [-0.05, 0) is 55.2 Å². The van der Waals surface area contributed by atoms with Crippen LogP contribution < -0.4 is 15.2 Å². The first-order valence-corrected chi connectivity index (χ1v) is 13.8. The fourth-order valence-electron chi connectivity index (χ4n) is 2.90. The van der Waals surface area contributed by atoms with Crippen molar-refractivity contribution in [2.24, 2.45) is 22.5 Å². The van der Waals surface area contributed by atoms with Crippen molar-refractivity contribution in [2.45, 2.75) is 100 Å². The van der Waals surface area contributed by atoms with Gasteiger partial charge in [0.25, 0.3) is 0 Å². The molecular formula is C30H47NO10. The molecule has 1 rings (SSSR count). The third-order valence-corrected chi connectivity index (χ3v) is 5.68. The van der Waals surface area contributed by atoms with Crippen LogP contribution in [0.4, 0.5) is 9.59 Å². The number of benzene rings is 1. The zero-order chi connectivity index (χ0) is 31.5. The zero-order valence-electron chi connectivity index (χ0n) is 26.0. The molecule has 0 fully saturated rings. The standard InChI is InChI=1S/C30H47NO10/c1-11-18(2)25(32)38-19(3)20(4)39-26(33)22(31)14-21-12-13-23(40-27(34)36-16-29(5,6)7)24(15-21)41-28(35)37-17-30(8,9)10/h12-13,15,18-20,22H,11,14,16-17,31H2,1-10H3/t18?,19-,20-,22-/m0/s1. The molecule has 0 aliphatic rings. The summed E-state index contributed by atoms with van der Waals surface area (Å²) in [5, 5.41) is 0. The third-order valence-electron chi connectivity index (χ3n) is 5.68. The molecule has 0 radical (unpaired) electrons. The first-order valence-electron chi connectivity index (χ1n) is 13.8. The van der Waals surface area contributed by atoms with E-state index in [0.717, 1.165) is 0 Å². The second kappa shape index (κ2) is 15.6. The van der Waals surface area contributed by atoms with Crippen molar-refractivity contribution in [3.8, 4) is 11.5 Å². The van der Waals surface area contributed by atoms with E-state index >= 15 is 0 Å². The lowest BCUT2D eigenvalue weighted by Gasteiger charge is -2.23. The molecule has 0 amide bonds. The highest BCUT2D eigenvalue weighted by Gasteiger charge is 2.26. The van der Waals surface area contributed by atoms with E-state index in [0.29, 0.717) is 12.0 Å². The highest BCUT2D eigenvalue weighted by molar-refractivity contribution is 5.76. The fraction of sp³-hybridized carbons (Fsp3) is 0.667. The SMILES string of the molecule is CCC(C)C(=O)O[C@@H](C)[C@H](C)OC(=O)[C@@H](N)Cc1ccc(OC(=O)OCC(C)(C)C)c(OC(=O)OCC(C)(C)C)c1. The summed E-state index contributed by atoms with van der Waals surface area (Å²) in [4.78, 5) is 49.3. The Balaban J connectivity index is 2.99. The summed E-state index contributed by atoms with van der Waals surface area (Å²) >= 11 is 0. The number of rotatable bonds is 12. The van der Waals surface area contributed by atoms with E-state index in [2.05, 4.69) is 0 Å². The Morgan fingerprint density at radius 3 is 1.68 bits per heavy atom. The summed E-state index contributed by atoms with van der Waals surface area (Å²) in [5.74, 6) is -1.54. The van der Waals surface area contributed by atoms with Gasteiger partial charge in [0, 0.05) is 0 Å². The van der Waals surface area contributed by atoms with Crippen molar-refractivity contribution in [3.63, 3.8) is 0 Å². The van der Waals surface area contributed by atoms with Gasteiger partial charge >= 0.3 is 24.2 Å². The van der Waals surface area contributed by atoms with E-state index in [9.17, 15) is 19.2 Å². The molecule has 0 bridgehead atoms. The highest BCUT2D eigenvalue weighted by atomic mass is 16.7. The Morgan fingerprint density at radius 1 is 0.756 bits per heavy atom. The van der Waals surface area contributed by atoms with Crippen LogP contribution in [0.15, 0.2) is 18.2 Å². The maximum absolute atomic E-state index is 12.7. The summed E-state index contributed by atoms with van der Waals surface area (Å²) in [6, 6.07) is 3.29. The maximum Gasteiger partial charge on any atom is 0.513 e. The normalized spacial score (nSPS) is 14.6. The highest BCUT2D eigenvalue weighted by Crippen LogP contribution is 2.30. The Labute approximate surface area is 243 Å². The van der Waals surface area contributed by atoms with Crippen molar-refractivity contribution in [2.75, 3.05) is 13.2 Å². The quantitative estimate of drug-likeness (QED) is 0.187. The van der Waals surface area contributed by atoms with Crippen LogP contribution in [0.5, 0.6) is 11.5 Å². The molecule has 1 aromatic rings. The number of hydrogen-bond acceptors (Lipinski definition) is 11. The van der Waals surface area contributed by atoms with Crippen molar-refractivity contribution < 1.29 is 47.6 Å². The van der Waals surface area contributed by atoms with Crippen molar-refractivity contribution in [1.82, 2.24) is 0 Å². The van der Waals surface area contributed by atoms with Gasteiger partial charge in [-0.15, -0.1) is 0 Å². The van der Waals surface area contributed by atoms with Crippen molar-refractivity contribution in [3.05, 3.63) is 23.8 Å². The van der Waals surface area contributed by atoms with Gasteiger partial charge < -0.3 is 34.2 Å². The topological polar surface area (TPSA) is 150 Å². The van der Waals surface area contributed by atoms with Gasteiger partial charge in [0.2, 0.25) is 0 Å². The third kappa shape index (κ3) is 14.2. The number of carbonyl (C=O) groups excluding carboxylic acids is 4. The van der Waals surface area contributed by atoms with Crippen LogP contribution in [0, 0.1) is 16.7 Å². The number of carbonyl (C=O) groups is 4. The Kier molecular flexibility index (Phi) is 13.6. The Hall–Kier alpha value is -3.34. The minimum atomic E-state index is -1.08. The number of esters is 2. The molecule has 0 saturated carbocycles. The lowest BCUT2D eigenvalue weighted by molar-refractivity contribution is -0.168. The molecule has 1 aromatic carbocycles. The summed E-state index contributed by atoms with van der Waals surface area (Å²) in [6.45, 7) is 18.4. The Morgan fingerprint density at radius 2 is 1.22 bits per heavy atom. The average molecular weight is 582 g/mol. The van der Waals surface area contributed by atoms with Gasteiger partial charge in [-0.25, -0.2) is 9.59 Å². The zero-order valence-corrected chi connectivity index (χ0v) is 26.0. The minimum absolute atomic E-state index is 0.00867. The van der Waals surface area contributed by atoms with Crippen LogP contribution in [0.2, 0.25) is 0 Å². The summed E-state index contributed by atoms with van der Waals surface area (Å²) in [6.07, 6.45) is -2.73. The lowest BCUT2D eigenvalue weighted by Crippen LogP contribution is -2.40. The van der Waals surface area contributed by atoms with E-state index in [-0.39, 0.29) is 53.9 Å². The summed E-state index contributed by atoms with van der Waals surface area (Å²) in [7, 11) is 0. The van der Waals surface area contributed by atoms with E-state index in [1.165, 1.54) is 12.1 Å². The lowest BCUT2D eigenvalue weighted by atomic mass is 9.99. The predicted octanol–water partition coefficient (Wildman–Crippen LogP) is 5.59. The maximum atomic E-state index is 12.7. The van der Waals surface area contributed by atoms with Crippen LogP contribution in [0.25, 0.3) is 0 Å². The van der Waals surface area contributed by atoms with E-state index in [1.54, 1.807) is 26.8 Å². The van der Waals surface area contributed by atoms with Crippen LogP contribution in [-0.2, 0) is 35.0 Å². The van der Waals surface area contributed by atoms with Gasteiger partial charge in [0.05, 0.1) is 19.1 Å². The van der Waals surface area contributed by atoms with Crippen LogP contribution in [0.1, 0.15) is 81.2 Å². The number of nitrogens with two attached hydrogens (primary N) is 1. The molecule has 11 heteroatoms. The molecule has 0 heterocycles. The van der Waals surface area contributed by atoms with Gasteiger partial charge in [0.1, 0.15) is 18.2 Å². The molecule has 2 N–H and O–H groups in total. The first-order chi connectivity index (χ1) is 18.8. The molecule has 1 unspecified atom stereocenters. The van der Waals surface area contributed by atoms with Gasteiger partial charge in [-0.2, -0.15) is 0 Å². The molecule has 232 valence electrons. The largest absolute Gasteiger partial charge is 0.513 e. The van der Waals surface area contributed by atoms with Gasteiger partial charge in [-0.3, -0.25) is 9.59 Å². The molecule has 11 nitrogen and oxygen atoms in total. The van der Waals surface area contributed by atoms with Crippen molar-refractivity contribution in [1.29, 1.82) is 0 Å². The molecule has 0 saturated heterocycles. The molecule has 41 heavy (non-hydrogen) atoms. The molecule has 4 atom stereocenters. The molecule has 0 aliphatic carbocycles. The van der Waals surface area contributed by atoms with Gasteiger partial charge in [-0.1, -0.05) is 61.5 Å². The van der Waals surface area contributed by atoms with Crippen LogP contribution >= 0.6 is 0 Å². The minimum Gasteiger partial charge on any atom is -0.459 e. The second-order valence-electron chi connectivity index (χ2n) is 12.6. The number of ether oxygens (including phenoxy) is 6. The molecule has 0 spiro atoms. The monoisotopic (exact) mass is 581 g/mol. The smallest absolute Gasteiger partial charge is 0.459 e. The first kappa shape index (κ1) is 35.7. The van der Waals surface area contributed by atoms with E-state index < -0.39 is 36.5 Å². The Bertz CT molecular complexity index is 1040. The van der Waals surface area contributed by atoms with Gasteiger partial charge in [0.15, 0.2) is 11.5 Å². The van der Waals surface area contributed by atoms with Crippen molar-refractivity contribution >= 4 is 24.2 Å². The fourth-order valence-corrected chi connectivity index (χ4v) is 2.90. The average Bonchev–Trinajstić information content (AvgIpc) is 2.86. The molecular weight excluding hydrogens is 534 g/mol. The summed E-state index contributed by atoms with van der Waals surface area (Å²) < 4.78 is 31.7. The summed E-state index contributed by atoms with van der Waals surface area (Å²) in [5.41, 5.74) is 6.00. The van der Waals surface area contributed by atoms with E-state index in [1.807, 2.05) is 48.5 Å². The predicted molar refractivity (Wildman–Crippen MR) is 152 cm³/mol. The molecule has 0 aliphatic heterocycles. The van der Waals surface area contributed by atoms with Crippen LogP contribution in [-0.4, -0.2) is 55.7 Å². The second-order valence-corrected chi connectivity index (χ2v) is 12.6.